The van der Waals surface area contributed by atoms with E-state index in [9.17, 15) is 14.0 Å². The van der Waals surface area contributed by atoms with E-state index in [-0.39, 0.29) is 24.6 Å². The van der Waals surface area contributed by atoms with Crippen LogP contribution in [0.15, 0.2) is 24.3 Å². The molecule has 0 fully saturated rings. The maximum absolute atomic E-state index is 13.0. The minimum atomic E-state index is -0.477. The van der Waals surface area contributed by atoms with Crippen molar-refractivity contribution in [3.8, 4) is 5.75 Å². The maximum atomic E-state index is 13.0. The molecule has 0 heterocycles. The summed E-state index contributed by atoms with van der Waals surface area (Å²) in [5, 5.41) is 0. The highest BCUT2D eigenvalue weighted by Crippen LogP contribution is 2.14. The van der Waals surface area contributed by atoms with Gasteiger partial charge in [0, 0.05) is 18.9 Å². The van der Waals surface area contributed by atoms with Gasteiger partial charge in [0.2, 0.25) is 0 Å². The summed E-state index contributed by atoms with van der Waals surface area (Å²) in [6.07, 6.45) is 17.3. The highest BCUT2D eigenvalue weighted by Gasteiger charge is 2.09. The van der Waals surface area contributed by atoms with Gasteiger partial charge in [0.1, 0.15) is 11.6 Å². The molecular weight excluding hydrogens is 395 g/mol. The molecule has 0 aliphatic carbocycles. The largest absolute Gasteiger partial charge is 0.466 e. The third-order valence-corrected chi connectivity index (χ3v) is 5.30. The minimum Gasteiger partial charge on any atom is -0.466 e. The number of carbonyl (C=O) groups is 2. The van der Waals surface area contributed by atoms with Crippen molar-refractivity contribution in [1.82, 2.24) is 0 Å². The first-order valence-corrected chi connectivity index (χ1v) is 12.2. The van der Waals surface area contributed by atoms with E-state index in [4.69, 9.17) is 9.47 Å². The van der Waals surface area contributed by atoms with Crippen LogP contribution in [0.1, 0.15) is 110 Å². The van der Waals surface area contributed by atoms with Gasteiger partial charge in [-0.3, -0.25) is 9.59 Å². The fraction of sp³-hybridized carbons (Fsp3) is 0.692. The van der Waals surface area contributed by atoms with Crippen molar-refractivity contribution in [1.29, 1.82) is 0 Å². The summed E-state index contributed by atoms with van der Waals surface area (Å²) in [4.78, 5) is 23.4. The minimum absolute atomic E-state index is 0.102. The molecule has 4 nitrogen and oxygen atoms in total. The van der Waals surface area contributed by atoms with Crippen molar-refractivity contribution in [2.24, 2.45) is 0 Å². The van der Waals surface area contributed by atoms with Crippen LogP contribution in [0.5, 0.6) is 5.75 Å². The summed E-state index contributed by atoms with van der Waals surface area (Å²) in [6, 6.07) is 5.43. The first-order chi connectivity index (χ1) is 15.1. The Morgan fingerprint density at radius 1 is 0.742 bits per heavy atom. The van der Waals surface area contributed by atoms with Gasteiger partial charge in [0.05, 0.1) is 6.61 Å². The second-order valence-corrected chi connectivity index (χ2v) is 8.25. The monoisotopic (exact) mass is 436 g/mol. The van der Waals surface area contributed by atoms with E-state index in [1.807, 2.05) is 0 Å². The SMILES string of the molecule is CCCCCCCCCCCCCCCOC(=O)CCCC(=O)Oc1cccc(F)c1. The van der Waals surface area contributed by atoms with Gasteiger partial charge in [-0.25, -0.2) is 4.39 Å². The molecule has 0 spiro atoms. The second kappa shape index (κ2) is 18.8. The molecule has 0 amide bonds. The summed E-state index contributed by atoms with van der Waals surface area (Å²) < 4.78 is 23.3. The lowest BCUT2D eigenvalue weighted by Crippen LogP contribution is -2.10. The van der Waals surface area contributed by atoms with Gasteiger partial charge in [-0.1, -0.05) is 90.0 Å². The zero-order valence-electron chi connectivity index (χ0n) is 19.3. The Bertz CT molecular complexity index is 603. The lowest BCUT2D eigenvalue weighted by atomic mass is 10.0. The number of rotatable bonds is 19. The predicted octanol–water partition coefficient (Wildman–Crippen LogP) is 7.54. The lowest BCUT2D eigenvalue weighted by molar-refractivity contribution is -0.144. The molecule has 31 heavy (non-hydrogen) atoms. The Balaban J connectivity index is 1.86. The first kappa shape index (κ1) is 27.1. The van der Waals surface area contributed by atoms with Crippen LogP contribution in [-0.2, 0) is 14.3 Å². The van der Waals surface area contributed by atoms with E-state index >= 15 is 0 Å². The average molecular weight is 437 g/mol. The topological polar surface area (TPSA) is 52.6 Å². The molecule has 1 aromatic rings. The molecule has 1 rings (SSSR count). The second-order valence-electron chi connectivity index (χ2n) is 8.25. The predicted molar refractivity (Wildman–Crippen MR) is 123 cm³/mol. The average Bonchev–Trinajstić information content (AvgIpc) is 2.74. The first-order valence-electron chi connectivity index (χ1n) is 12.2. The fourth-order valence-corrected chi connectivity index (χ4v) is 3.47. The Labute approximate surface area is 187 Å². The van der Waals surface area contributed by atoms with Crippen LogP contribution < -0.4 is 4.74 Å². The summed E-state index contributed by atoms with van der Waals surface area (Å²) in [6.45, 7) is 2.70. The number of hydrogen-bond acceptors (Lipinski definition) is 4. The van der Waals surface area contributed by atoms with E-state index in [1.165, 1.54) is 88.8 Å². The summed E-state index contributed by atoms with van der Waals surface area (Å²) in [5.74, 6) is -1.04. The van der Waals surface area contributed by atoms with Crippen LogP contribution in [0, 0.1) is 5.82 Å². The highest BCUT2D eigenvalue weighted by molar-refractivity contribution is 5.74. The number of unbranched alkanes of at least 4 members (excludes halogenated alkanes) is 12. The van der Waals surface area contributed by atoms with Crippen LogP contribution in [0.3, 0.4) is 0 Å². The Hall–Kier alpha value is -1.91. The third-order valence-electron chi connectivity index (χ3n) is 5.30. The van der Waals surface area contributed by atoms with Crippen LogP contribution in [-0.4, -0.2) is 18.5 Å². The number of ether oxygens (including phenoxy) is 2. The third kappa shape index (κ3) is 16.5. The highest BCUT2D eigenvalue weighted by atomic mass is 19.1. The van der Waals surface area contributed by atoms with Crippen molar-refractivity contribution in [2.45, 2.75) is 110 Å². The summed E-state index contributed by atoms with van der Waals surface area (Å²) >= 11 is 0. The van der Waals surface area contributed by atoms with Crippen molar-refractivity contribution in [3.05, 3.63) is 30.1 Å². The molecule has 0 saturated heterocycles. The van der Waals surface area contributed by atoms with Gasteiger partial charge in [-0.05, 0) is 25.0 Å². The van der Waals surface area contributed by atoms with E-state index in [0.717, 1.165) is 18.9 Å². The van der Waals surface area contributed by atoms with E-state index in [1.54, 1.807) is 0 Å². The van der Waals surface area contributed by atoms with Crippen molar-refractivity contribution in [2.75, 3.05) is 6.61 Å². The van der Waals surface area contributed by atoms with Crippen molar-refractivity contribution in [3.63, 3.8) is 0 Å². The fourth-order valence-electron chi connectivity index (χ4n) is 3.47. The van der Waals surface area contributed by atoms with Gasteiger partial charge in [-0.2, -0.15) is 0 Å². The summed E-state index contributed by atoms with van der Waals surface area (Å²) in [7, 11) is 0. The molecule has 0 aromatic heterocycles. The van der Waals surface area contributed by atoms with Crippen molar-refractivity contribution >= 4 is 11.9 Å². The van der Waals surface area contributed by atoms with Crippen molar-refractivity contribution < 1.29 is 23.5 Å². The van der Waals surface area contributed by atoms with Gasteiger partial charge in [-0.15, -0.1) is 0 Å². The van der Waals surface area contributed by atoms with Gasteiger partial charge in [0.15, 0.2) is 0 Å². The number of carbonyl (C=O) groups excluding carboxylic acids is 2. The molecule has 0 atom stereocenters. The molecular formula is C26H41FO4. The zero-order valence-corrected chi connectivity index (χ0v) is 19.3. The quantitative estimate of drug-likeness (QED) is 0.128. The molecule has 176 valence electrons. The van der Waals surface area contributed by atoms with Gasteiger partial charge in [0.25, 0.3) is 0 Å². The van der Waals surface area contributed by atoms with Crippen LogP contribution in [0.2, 0.25) is 0 Å². The maximum Gasteiger partial charge on any atom is 0.311 e. The van der Waals surface area contributed by atoms with Crippen LogP contribution in [0.25, 0.3) is 0 Å². The Morgan fingerprint density at radius 2 is 1.29 bits per heavy atom. The van der Waals surface area contributed by atoms with E-state index in [0.29, 0.717) is 13.0 Å². The number of benzene rings is 1. The number of hydrogen-bond donors (Lipinski definition) is 0. The smallest absolute Gasteiger partial charge is 0.311 e. The molecule has 0 saturated carbocycles. The van der Waals surface area contributed by atoms with E-state index < -0.39 is 11.8 Å². The summed E-state index contributed by atoms with van der Waals surface area (Å²) in [5.41, 5.74) is 0. The molecule has 0 radical (unpaired) electrons. The standard InChI is InChI=1S/C26H41FO4/c1-2-3-4-5-6-7-8-9-10-11-12-13-14-21-30-25(28)19-16-20-26(29)31-24-18-15-17-23(27)22-24/h15,17-18,22H,2-14,16,19-21H2,1H3. The molecule has 1 aromatic carbocycles. The molecule has 0 aliphatic heterocycles. The van der Waals surface area contributed by atoms with Gasteiger partial charge < -0.3 is 9.47 Å². The van der Waals surface area contributed by atoms with Crippen LogP contribution in [0.4, 0.5) is 4.39 Å². The van der Waals surface area contributed by atoms with E-state index in [2.05, 4.69) is 6.92 Å². The Morgan fingerprint density at radius 3 is 1.87 bits per heavy atom. The molecule has 0 unspecified atom stereocenters. The molecule has 0 aliphatic rings. The van der Waals surface area contributed by atoms with Gasteiger partial charge >= 0.3 is 11.9 Å². The normalized spacial score (nSPS) is 10.8. The molecule has 0 N–H and O–H groups in total. The molecule has 5 heteroatoms. The lowest BCUT2D eigenvalue weighted by Gasteiger charge is -2.06. The number of esters is 2. The number of halogens is 1. The van der Waals surface area contributed by atoms with Crippen LogP contribution >= 0.6 is 0 Å². The zero-order chi connectivity index (χ0) is 22.6. The molecule has 0 bridgehead atoms. The Kier molecular flexibility index (Phi) is 16.5.